The average molecular weight is 353 g/mol. The molecule has 4 rings (SSSR count). The quantitative estimate of drug-likeness (QED) is 0.787. The van der Waals surface area contributed by atoms with Gasteiger partial charge in [-0.25, -0.2) is 4.98 Å². The van der Waals surface area contributed by atoms with Gasteiger partial charge in [0.25, 0.3) is 11.5 Å². The number of hydrogen-bond donors (Lipinski definition) is 1. The number of carbonyl (C=O) groups excluding carboxylic acids is 1. The van der Waals surface area contributed by atoms with Crippen LogP contribution in [0.25, 0.3) is 10.2 Å². The molecule has 0 spiro atoms. The minimum atomic E-state index is -0.147. The maximum Gasteiger partial charge on any atom is 0.262 e. The van der Waals surface area contributed by atoms with E-state index in [4.69, 9.17) is 0 Å². The number of rotatable bonds is 3. The summed E-state index contributed by atoms with van der Waals surface area (Å²) < 4.78 is 1.78. The van der Waals surface area contributed by atoms with E-state index in [-0.39, 0.29) is 11.5 Å². The first-order valence-electron chi connectivity index (χ1n) is 8.50. The number of aryl methyl sites for hydroxylation is 2. The van der Waals surface area contributed by atoms with Gasteiger partial charge >= 0.3 is 0 Å². The zero-order valence-electron chi connectivity index (χ0n) is 14.0. The van der Waals surface area contributed by atoms with Gasteiger partial charge in [-0.15, -0.1) is 11.3 Å². The normalized spacial score (nSPS) is 13.6. The van der Waals surface area contributed by atoms with Gasteiger partial charge in [0.05, 0.1) is 10.3 Å². The van der Waals surface area contributed by atoms with Gasteiger partial charge in [0, 0.05) is 19.5 Å². The van der Waals surface area contributed by atoms with E-state index < -0.39 is 0 Å². The van der Waals surface area contributed by atoms with Crippen molar-refractivity contribution in [3.63, 3.8) is 0 Å². The molecule has 1 aliphatic rings. The standard InChI is InChI=1S/C19H19N3O2S/c1-12-15-18(21-14-9-5-6-10-22(14)19(15)24)25-16(12)17(23)20-11-13-7-3-2-4-8-13/h2-4,7-8H,5-6,9-11H2,1H3,(H,20,23). The van der Waals surface area contributed by atoms with Crippen molar-refractivity contribution in [1.82, 2.24) is 14.9 Å². The molecule has 0 aliphatic carbocycles. The molecule has 0 unspecified atom stereocenters. The Kier molecular flexibility index (Phi) is 4.13. The molecule has 128 valence electrons. The third kappa shape index (κ3) is 2.87. The molecule has 25 heavy (non-hydrogen) atoms. The second kappa shape index (κ2) is 6.44. The van der Waals surface area contributed by atoms with Crippen LogP contribution in [0.5, 0.6) is 0 Å². The van der Waals surface area contributed by atoms with Crippen LogP contribution in [-0.2, 0) is 19.5 Å². The van der Waals surface area contributed by atoms with Crippen LogP contribution < -0.4 is 10.9 Å². The largest absolute Gasteiger partial charge is 0.347 e. The van der Waals surface area contributed by atoms with Gasteiger partial charge in [-0.2, -0.15) is 0 Å². The second-order valence-electron chi connectivity index (χ2n) is 6.35. The van der Waals surface area contributed by atoms with Crippen molar-refractivity contribution in [2.75, 3.05) is 0 Å². The van der Waals surface area contributed by atoms with Gasteiger partial charge in [-0.1, -0.05) is 30.3 Å². The van der Waals surface area contributed by atoms with Gasteiger partial charge in [0.1, 0.15) is 10.7 Å². The van der Waals surface area contributed by atoms with Crippen molar-refractivity contribution in [1.29, 1.82) is 0 Å². The zero-order valence-corrected chi connectivity index (χ0v) is 14.9. The molecule has 5 nitrogen and oxygen atoms in total. The van der Waals surface area contributed by atoms with Crippen LogP contribution in [0.3, 0.4) is 0 Å². The number of aromatic nitrogens is 2. The van der Waals surface area contributed by atoms with Crippen molar-refractivity contribution < 1.29 is 4.79 Å². The monoisotopic (exact) mass is 353 g/mol. The maximum atomic E-state index is 12.8. The SMILES string of the molecule is Cc1c(C(=O)NCc2ccccc2)sc2nc3n(c(=O)c12)CCCC3. The molecule has 2 aromatic heterocycles. The molecule has 0 saturated carbocycles. The fourth-order valence-electron chi connectivity index (χ4n) is 3.31. The van der Waals surface area contributed by atoms with E-state index in [1.54, 1.807) is 4.57 Å². The molecule has 1 aromatic carbocycles. The number of nitrogens with one attached hydrogen (secondary N) is 1. The predicted octanol–water partition coefficient (Wildman–Crippen LogP) is 3.03. The number of fused-ring (bicyclic) bond motifs is 2. The average Bonchev–Trinajstić information content (AvgIpc) is 2.97. The third-order valence-corrected chi connectivity index (χ3v) is 5.85. The Morgan fingerprint density at radius 2 is 2.08 bits per heavy atom. The number of nitrogens with zero attached hydrogens (tertiary/aromatic N) is 2. The van der Waals surface area contributed by atoms with Crippen LogP contribution >= 0.6 is 11.3 Å². The molecule has 1 aliphatic heterocycles. The highest BCUT2D eigenvalue weighted by molar-refractivity contribution is 7.20. The molecular weight excluding hydrogens is 334 g/mol. The second-order valence-corrected chi connectivity index (χ2v) is 7.35. The van der Waals surface area contributed by atoms with Crippen LogP contribution in [0.4, 0.5) is 0 Å². The first-order chi connectivity index (χ1) is 12.1. The number of thiophene rings is 1. The Labute approximate surface area is 149 Å². The summed E-state index contributed by atoms with van der Waals surface area (Å²) in [5, 5.41) is 3.54. The molecule has 0 saturated heterocycles. The summed E-state index contributed by atoms with van der Waals surface area (Å²) in [6.45, 7) is 3.04. The molecular formula is C19H19N3O2S. The Bertz CT molecular complexity index is 1000. The number of amides is 1. The lowest BCUT2D eigenvalue weighted by molar-refractivity contribution is 0.0954. The van der Waals surface area contributed by atoms with Crippen LogP contribution in [0.15, 0.2) is 35.1 Å². The summed E-state index contributed by atoms with van der Waals surface area (Å²) in [4.78, 5) is 31.3. The van der Waals surface area contributed by atoms with Gasteiger partial charge in [-0.05, 0) is 30.9 Å². The van der Waals surface area contributed by atoms with Crippen molar-refractivity contribution in [2.45, 2.75) is 39.3 Å². The van der Waals surface area contributed by atoms with E-state index in [1.807, 2.05) is 37.3 Å². The Balaban J connectivity index is 1.68. The lowest BCUT2D eigenvalue weighted by Gasteiger charge is -2.16. The smallest absolute Gasteiger partial charge is 0.262 e. The Morgan fingerprint density at radius 3 is 2.88 bits per heavy atom. The van der Waals surface area contributed by atoms with Crippen molar-refractivity contribution in [3.8, 4) is 0 Å². The van der Waals surface area contributed by atoms with Crippen molar-refractivity contribution in [2.24, 2.45) is 0 Å². The number of carbonyl (C=O) groups is 1. The molecule has 0 bridgehead atoms. The van der Waals surface area contributed by atoms with Gasteiger partial charge < -0.3 is 5.32 Å². The minimum Gasteiger partial charge on any atom is -0.347 e. The molecule has 3 heterocycles. The minimum absolute atomic E-state index is 0.00411. The molecule has 3 aromatic rings. The zero-order chi connectivity index (χ0) is 17.4. The summed E-state index contributed by atoms with van der Waals surface area (Å²) in [6, 6.07) is 9.78. The molecule has 6 heteroatoms. The lowest BCUT2D eigenvalue weighted by atomic mass is 10.1. The summed E-state index contributed by atoms with van der Waals surface area (Å²) in [7, 11) is 0. The summed E-state index contributed by atoms with van der Waals surface area (Å²) in [6.07, 6.45) is 2.90. The highest BCUT2D eigenvalue weighted by atomic mass is 32.1. The molecule has 0 radical (unpaired) electrons. The first kappa shape index (κ1) is 16.0. The van der Waals surface area contributed by atoms with E-state index in [0.717, 1.165) is 42.8 Å². The van der Waals surface area contributed by atoms with Crippen LogP contribution in [0.2, 0.25) is 0 Å². The van der Waals surface area contributed by atoms with E-state index in [2.05, 4.69) is 10.3 Å². The van der Waals surface area contributed by atoms with E-state index >= 15 is 0 Å². The first-order valence-corrected chi connectivity index (χ1v) is 9.31. The van der Waals surface area contributed by atoms with Crippen LogP contribution in [0.1, 0.15) is 39.5 Å². The molecule has 0 atom stereocenters. The van der Waals surface area contributed by atoms with Gasteiger partial charge in [0.2, 0.25) is 0 Å². The Hall–Kier alpha value is -2.47. The van der Waals surface area contributed by atoms with Gasteiger partial charge in [-0.3, -0.25) is 14.2 Å². The van der Waals surface area contributed by atoms with Crippen LogP contribution in [0, 0.1) is 6.92 Å². The summed E-state index contributed by atoms with van der Waals surface area (Å²) in [5.74, 6) is 0.702. The molecule has 0 fully saturated rings. The Morgan fingerprint density at radius 1 is 1.28 bits per heavy atom. The summed E-state index contributed by atoms with van der Waals surface area (Å²) >= 11 is 1.32. The summed E-state index contributed by atoms with van der Waals surface area (Å²) in [5.41, 5.74) is 1.78. The van der Waals surface area contributed by atoms with Crippen LogP contribution in [-0.4, -0.2) is 15.5 Å². The van der Waals surface area contributed by atoms with E-state index in [0.29, 0.717) is 21.6 Å². The van der Waals surface area contributed by atoms with E-state index in [1.165, 1.54) is 11.3 Å². The van der Waals surface area contributed by atoms with Crippen molar-refractivity contribution >= 4 is 27.5 Å². The molecule has 1 N–H and O–H groups in total. The highest BCUT2D eigenvalue weighted by Crippen LogP contribution is 2.28. The number of hydrogen-bond acceptors (Lipinski definition) is 4. The predicted molar refractivity (Wildman–Crippen MR) is 99.2 cm³/mol. The lowest BCUT2D eigenvalue weighted by Crippen LogP contribution is -2.28. The van der Waals surface area contributed by atoms with Gasteiger partial charge in [0.15, 0.2) is 0 Å². The van der Waals surface area contributed by atoms with E-state index in [9.17, 15) is 9.59 Å². The fourth-order valence-corrected chi connectivity index (χ4v) is 4.42. The van der Waals surface area contributed by atoms with Crippen molar-refractivity contribution in [3.05, 3.63) is 62.5 Å². The topological polar surface area (TPSA) is 64.0 Å². The number of benzene rings is 1. The highest BCUT2D eigenvalue weighted by Gasteiger charge is 2.22. The molecule has 1 amide bonds. The maximum absolute atomic E-state index is 12.8. The third-order valence-electron chi connectivity index (χ3n) is 4.66. The fraction of sp³-hybridized carbons (Fsp3) is 0.316.